The van der Waals surface area contributed by atoms with Crippen molar-refractivity contribution in [1.82, 2.24) is 19.7 Å². The first-order valence-electron chi connectivity index (χ1n) is 8.91. The number of ether oxygens (including phenoxy) is 1. The molecular formula is C19H17ClN6O5. The molecule has 3 rings (SSSR count). The molecule has 0 radical (unpaired) electrons. The predicted molar refractivity (Wildman–Crippen MR) is 110 cm³/mol. The highest BCUT2D eigenvalue weighted by molar-refractivity contribution is 6.29. The van der Waals surface area contributed by atoms with E-state index < -0.39 is 16.8 Å². The van der Waals surface area contributed by atoms with E-state index in [-0.39, 0.29) is 28.5 Å². The van der Waals surface area contributed by atoms with Gasteiger partial charge in [0.15, 0.2) is 5.82 Å². The number of amides is 1. The number of hydrogen-bond donors (Lipinski definition) is 1. The van der Waals surface area contributed by atoms with Gasteiger partial charge in [-0.05, 0) is 19.9 Å². The van der Waals surface area contributed by atoms with Crippen LogP contribution in [0.5, 0.6) is 0 Å². The number of carbonyl (C=O) groups is 2. The van der Waals surface area contributed by atoms with Crippen molar-refractivity contribution in [2.75, 3.05) is 12.4 Å². The zero-order valence-corrected chi connectivity index (χ0v) is 17.5. The molecule has 2 aromatic heterocycles. The molecule has 160 valence electrons. The number of anilines is 1. The van der Waals surface area contributed by atoms with E-state index in [4.69, 9.17) is 11.6 Å². The van der Waals surface area contributed by atoms with Crippen LogP contribution >= 0.6 is 11.6 Å². The largest absolute Gasteiger partial charge is 0.465 e. The minimum atomic E-state index is -0.732. The summed E-state index contributed by atoms with van der Waals surface area (Å²) >= 11 is 5.89. The molecule has 11 nitrogen and oxygen atoms in total. The minimum absolute atomic E-state index is 0.000194. The molecule has 3 aromatic rings. The van der Waals surface area contributed by atoms with Gasteiger partial charge in [0.1, 0.15) is 5.15 Å². The van der Waals surface area contributed by atoms with E-state index in [1.54, 1.807) is 13.8 Å². The molecular weight excluding hydrogens is 428 g/mol. The average molecular weight is 445 g/mol. The number of halogens is 1. The van der Waals surface area contributed by atoms with Gasteiger partial charge >= 0.3 is 5.97 Å². The maximum Gasteiger partial charge on any atom is 0.339 e. The first kappa shape index (κ1) is 21.8. The summed E-state index contributed by atoms with van der Waals surface area (Å²) in [6, 6.07) is 3.49. The Hall–Kier alpha value is -3.86. The number of aryl methyl sites for hydroxylation is 1. The lowest BCUT2D eigenvalue weighted by atomic mass is 10.1. The van der Waals surface area contributed by atoms with E-state index >= 15 is 0 Å². The molecule has 2 heterocycles. The molecule has 0 aliphatic heterocycles. The van der Waals surface area contributed by atoms with Crippen LogP contribution < -0.4 is 5.32 Å². The van der Waals surface area contributed by atoms with Crippen LogP contribution in [0, 0.1) is 24.0 Å². The lowest BCUT2D eigenvalue weighted by molar-refractivity contribution is -0.384. The van der Waals surface area contributed by atoms with Gasteiger partial charge < -0.3 is 10.1 Å². The summed E-state index contributed by atoms with van der Waals surface area (Å²) in [7, 11) is 1.18. The third kappa shape index (κ3) is 4.67. The van der Waals surface area contributed by atoms with Crippen LogP contribution in [0.1, 0.15) is 27.3 Å². The lowest BCUT2D eigenvalue weighted by Crippen LogP contribution is -2.18. The fraction of sp³-hybridized carbons (Fsp3) is 0.211. The second kappa shape index (κ2) is 8.88. The van der Waals surface area contributed by atoms with Crippen molar-refractivity contribution in [2.45, 2.75) is 20.3 Å². The van der Waals surface area contributed by atoms with Gasteiger partial charge in [-0.3, -0.25) is 19.9 Å². The number of non-ortho nitro benzene ring substituents is 1. The number of rotatable bonds is 6. The number of benzene rings is 1. The van der Waals surface area contributed by atoms with Gasteiger partial charge in [-0.2, -0.15) is 5.10 Å². The normalized spacial score (nSPS) is 10.6. The third-order valence-corrected chi connectivity index (χ3v) is 4.66. The van der Waals surface area contributed by atoms with Gasteiger partial charge in [-0.1, -0.05) is 11.6 Å². The molecule has 1 N–H and O–H groups in total. The fourth-order valence-electron chi connectivity index (χ4n) is 2.98. The smallest absolute Gasteiger partial charge is 0.339 e. The lowest BCUT2D eigenvalue weighted by Gasteiger charge is -2.10. The highest BCUT2D eigenvalue weighted by Crippen LogP contribution is 2.24. The number of nitro groups is 1. The van der Waals surface area contributed by atoms with Gasteiger partial charge in [-0.25, -0.2) is 14.5 Å². The van der Waals surface area contributed by atoms with Crippen molar-refractivity contribution in [3.8, 4) is 5.82 Å². The SMILES string of the molecule is COC(=O)c1ccc([N+](=O)[O-])cc1NC(=O)Cc1c(C)nn(-c2cncc(Cl)n2)c1C. The fourth-order valence-corrected chi connectivity index (χ4v) is 3.12. The minimum Gasteiger partial charge on any atom is -0.465 e. The monoisotopic (exact) mass is 444 g/mol. The van der Waals surface area contributed by atoms with Gasteiger partial charge in [0.05, 0.1) is 47.8 Å². The molecule has 0 fully saturated rings. The molecule has 0 saturated heterocycles. The molecule has 0 atom stereocenters. The Morgan fingerprint density at radius 2 is 2.03 bits per heavy atom. The molecule has 0 saturated carbocycles. The third-order valence-electron chi connectivity index (χ3n) is 4.48. The van der Waals surface area contributed by atoms with Gasteiger partial charge in [-0.15, -0.1) is 0 Å². The molecule has 31 heavy (non-hydrogen) atoms. The number of nitrogens with one attached hydrogen (secondary N) is 1. The van der Waals surface area contributed by atoms with E-state index in [9.17, 15) is 19.7 Å². The molecule has 0 unspecified atom stereocenters. The molecule has 0 bridgehead atoms. The standard InChI is InChI=1S/C19H17ClN6O5/c1-10-14(11(2)25(24-10)17-9-21-8-16(20)23-17)7-18(27)22-15-6-12(26(29)30)4-5-13(15)19(28)31-3/h4-6,8-9H,7H2,1-3H3,(H,22,27). The molecule has 12 heteroatoms. The van der Waals surface area contributed by atoms with Gasteiger partial charge in [0.2, 0.25) is 5.91 Å². The van der Waals surface area contributed by atoms with Crippen molar-refractivity contribution >= 4 is 34.9 Å². The number of nitrogens with zero attached hydrogens (tertiary/aromatic N) is 5. The second-order valence-electron chi connectivity index (χ2n) is 6.46. The Kier molecular flexibility index (Phi) is 6.25. The highest BCUT2D eigenvalue weighted by Gasteiger charge is 2.21. The molecule has 0 aliphatic carbocycles. The second-order valence-corrected chi connectivity index (χ2v) is 6.85. The average Bonchev–Trinajstić information content (AvgIpc) is 3.01. The molecule has 1 amide bonds. The molecule has 1 aromatic carbocycles. The molecule has 0 spiro atoms. The van der Waals surface area contributed by atoms with Crippen LogP contribution in [0.15, 0.2) is 30.6 Å². The summed E-state index contributed by atoms with van der Waals surface area (Å²) in [5.74, 6) is -0.829. The van der Waals surface area contributed by atoms with E-state index in [0.717, 1.165) is 12.1 Å². The summed E-state index contributed by atoms with van der Waals surface area (Å²) in [5, 5.41) is 18.2. The summed E-state index contributed by atoms with van der Waals surface area (Å²) in [6.45, 7) is 3.50. The predicted octanol–water partition coefficient (Wildman–Crippen LogP) is 2.81. The Morgan fingerprint density at radius 3 is 2.68 bits per heavy atom. The molecule has 0 aliphatic rings. The van der Waals surface area contributed by atoms with E-state index in [0.29, 0.717) is 22.8 Å². The van der Waals surface area contributed by atoms with Crippen molar-refractivity contribution < 1.29 is 19.2 Å². The maximum atomic E-state index is 12.7. The number of esters is 1. The van der Waals surface area contributed by atoms with Crippen molar-refractivity contribution in [2.24, 2.45) is 0 Å². The van der Waals surface area contributed by atoms with Crippen molar-refractivity contribution in [3.63, 3.8) is 0 Å². The first-order chi connectivity index (χ1) is 14.7. The van der Waals surface area contributed by atoms with Crippen LogP contribution in [0.3, 0.4) is 0 Å². The number of nitro benzene ring substituents is 1. The number of carbonyl (C=O) groups excluding carboxylic acids is 2. The Bertz CT molecular complexity index is 1190. The number of aromatic nitrogens is 4. The van der Waals surface area contributed by atoms with E-state index in [1.165, 1.54) is 30.3 Å². The van der Waals surface area contributed by atoms with E-state index in [1.807, 2.05) is 0 Å². The summed E-state index contributed by atoms with van der Waals surface area (Å²) in [6.07, 6.45) is 2.79. The van der Waals surface area contributed by atoms with Crippen LogP contribution in [-0.4, -0.2) is 43.7 Å². The maximum absolute atomic E-state index is 12.7. The van der Waals surface area contributed by atoms with E-state index in [2.05, 4.69) is 25.1 Å². The summed E-state index contributed by atoms with van der Waals surface area (Å²) in [5.41, 5.74) is 1.57. The van der Waals surface area contributed by atoms with Gasteiger partial charge in [0, 0.05) is 23.4 Å². The quantitative estimate of drug-likeness (QED) is 0.347. The Balaban J connectivity index is 1.89. The van der Waals surface area contributed by atoms with Crippen LogP contribution in [0.4, 0.5) is 11.4 Å². The van der Waals surface area contributed by atoms with Crippen molar-refractivity contribution in [1.29, 1.82) is 0 Å². The summed E-state index contributed by atoms with van der Waals surface area (Å²) < 4.78 is 6.20. The van der Waals surface area contributed by atoms with Crippen LogP contribution in [0.2, 0.25) is 5.15 Å². The topological polar surface area (TPSA) is 142 Å². The first-order valence-corrected chi connectivity index (χ1v) is 9.28. The zero-order valence-electron chi connectivity index (χ0n) is 16.7. The highest BCUT2D eigenvalue weighted by atomic mass is 35.5. The summed E-state index contributed by atoms with van der Waals surface area (Å²) in [4.78, 5) is 43.3. The zero-order chi connectivity index (χ0) is 22.7. The Labute approximate surface area is 181 Å². The number of methoxy groups -OCH3 is 1. The number of hydrogen-bond acceptors (Lipinski definition) is 8. The van der Waals surface area contributed by atoms with Crippen LogP contribution in [-0.2, 0) is 16.0 Å². The van der Waals surface area contributed by atoms with Crippen LogP contribution in [0.25, 0.3) is 5.82 Å². The Morgan fingerprint density at radius 1 is 1.29 bits per heavy atom. The van der Waals surface area contributed by atoms with Crippen molar-refractivity contribution in [3.05, 3.63) is 68.4 Å². The van der Waals surface area contributed by atoms with Gasteiger partial charge in [0.25, 0.3) is 5.69 Å².